The van der Waals surface area contributed by atoms with Crippen molar-refractivity contribution in [2.75, 3.05) is 0 Å². The highest BCUT2D eigenvalue weighted by Crippen LogP contribution is 2.21. The van der Waals surface area contributed by atoms with E-state index < -0.39 is 6.43 Å². The molecule has 0 spiro atoms. The second kappa shape index (κ2) is 6.58. The Kier molecular flexibility index (Phi) is 4.80. The van der Waals surface area contributed by atoms with Crippen LogP contribution >= 0.6 is 0 Å². The molecule has 6 heteroatoms. The van der Waals surface area contributed by atoms with E-state index in [-0.39, 0.29) is 23.3 Å². The number of nitrogens with zero attached hydrogens (tertiary/aromatic N) is 1. The number of pyridine rings is 2. The molecule has 21 heavy (non-hydrogen) atoms. The molecule has 2 rings (SSSR count). The van der Waals surface area contributed by atoms with E-state index in [2.05, 4.69) is 15.3 Å². The summed E-state index contributed by atoms with van der Waals surface area (Å²) >= 11 is 0. The van der Waals surface area contributed by atoms with E-state index in [4.69, 9.17) is 0 Å². The molecular weight excluding hydrogens is 276 g/mol. The number of aromatic nitrogens is 2. The van der Waals surface area contributed by atoms with Crippen LogP contribution in [0.3, 0.4) is 0 Å². The lowest BCUT2D eigenvalue weighted by atomic mass is 10.1. The van der Waals surface area contributed by atoms with E-state index in [9.17, 15) is 13.6 Å². The van der Waals surface area contributed by atoms with Crippen molar-refractivity contribution in [2.45, 2.75) is 32.4 Å². The van der Waals surface area contributed by atoms with Crippen molar-refractivity contribution >= 4 is 0 Å². The van der Waals surface area contributed by atoms with E-state index in [0.29, 0.717) is 0 Å². The Morgan fingerprint density at radius 2 is 1.86 bits per heavy atom. The number of halogens is 2. The van der Waals surface area contributed by atoms with Crippen LogP contribution in [0.1, 0.15) is 49.2 Å². The smallest absolute Gasteiger partial charge is 0.280 e. The van der Waals surface area contributed by atoms with Crippen molar-refractivity contribution in [1.82, 2.24) is 15.3 Å². The summed E-state index contributed by atoms with van der Waals surface area (Å²) in [5.41, 5.74) is 1.30. The van der Waals surface area contributed by atoms with Gasteiger partial charge in [-0.2, -0.15) is 0 Å². The second-order valence-corrected chi connectivity index (χ2v) is 4.91. The van der Waals surface area contributed by atoms with Crippen LogP contribution < -0.4 is 10.9 Å². The Hall–Kier alpha value is -2.08. The zero-order chi connectivity index (χ0) is 15.4. The summed E-state index contributed by atoms with van der Waals surface area (Å²) in [6.45, 7) is 3.86. The third-order valence-corrected chi connectivity index (χ3v) is 3.33. The van der Waals surface area contributed by atoms with Gasteiger partial charge in [0.2, 0.25) is 5.56 Å². The van der Waals surface area contributed by atoms with Gasteiger partial charge >= 0.3 is 0 Å². The van der Waals surface area contributed by atoms with Crippen LogP contribution in [-0.4, -0.2) is 9.97 Å². The van der Waals surface area contributed by atoms with Crippen LogP contribution in [0.4, 0.5) is 8.78 Å². The molecule has 2 aromatic rings. The van der Waals surface area contributed by atoms with Gasteiger partial charge < -0.3 is 10.3 Å². The standard InChI is InChI=1S/C15H17F2N3O/c1-9(11-5-6-18-14(21)7-11)20-10(2)12-3-4-13(15(16)17)19-8-12/h3-10,15,20H,1-2H3,(H,18,21). The van der Waals surface area contributed by atoms with Crippen molar-refractivity contribution in [3.05, 3.63) is 63.8 Å². The first-order chi connectivity index (χ1) is 9.97. The molecule has 4 nitrogen and oxygen atoms in total. The zero-order valence-corrected chi connectivity index (χ0v) is 11.8. The Morgan fingerprint density at radius 3 is 2.43 bits per heavy atom. The van der Waals surface area contributed by atoms with Crippen LogP contribution in [0.5, 0.6) is 0 Å². The summed E-state index contributed by atoms with van der Waals surface area (Å²) in [5.74, 6) is 0. The Labute approximate surface area is 121 Å². The fourth-order valence-corrected chi connectivity index (χ4v) is 2.10. The number of nitrogens with one attached hydrogen (secondary N) is 2. The SMILES string of the molecule is CC(NC(C)c1cc[nH]c(=O)c1)c1ccc(C(F)F)nc1. The van der Waals surface area contributed by atoms with Crippen LogP contribution in [0.15, 0.2) is 41.5 Å². The first kappa shape index (κ1) is 15.3. The van der Waals surface area contributed by atoms with Crippen LogP contribution in [0, 0.1) is 0 Å². The number of hydrogen-bond donors (Lipinski definition) is 2. The Balaban J connectivity index is 2.06. The Morgan fingerprint density at radius 1 is 1.14 bits per heavy atom. The van der Waals surface area contributed by atoms with Crippen molar-refractivity contribution in [2.24, 2.45) is 0 Å². The van der Waals surface area contributed by atoms with Gasteiger partial charge in [0.1, 0.15) is 5.69 Å². The molecule has 0 aliphatic heterocycles. The van der Waals surface area contributed by atoms with Gasteiger partial charge in [0.15, 0.2) is 0 Å². The van der Waals surface area contributed by atoms with Gasteiger partial charge in [-0.25, -0.2) is 8.78 Å². The number of rotatable bonds is 5. The fraction of sp³-hybridized carbons (Fsp3) is 0.333. The largest absolute Gasteiger partial charge is 0.329 e. The second-order valence-electron chi connectivity index (χ2n) is 4.91. The predicted octanol–water partition coefficient (Wildman–Crippen LogP) is 3.12. The highest BCUT2D eigenvalue weighted by Gasteiger charge is 2.13. The lowest BCUT2D eigenvalue weighted by Gasteiger charge is -2.20. The first-order valence-electron chi connectivity index (χ1n) is 6.66. The third-order valence-electron chi connectivity index (χ3n) is 3.33. The third kappa shape index (κ3) is 3.95. The summed E-state index contributed by atoms with van der Waals surface area (Å²) in [4.78, 5) is 17.6. The molecule has 0 aromatic carbocycles. The molecule has 0 bridgehead atoms. The van der Waals surface area contributed by atoms with E-state index in [0.717, 1.165) is 11.1 Å². The van der Waals surface area contributed by atoms with Crippen LogP contribution in [0.25, 0.3) is 0 Å². The maximum atomic E-state index is 12.5. The summed E-state index contributed by atoms with van der Waals surface area (Å²) < 4.78 is 24.9. The fourth-order valence-electron chi connectivity index (χ4n) is 2.10. The van der Waals surface area contributed by atoms with Crippen molar-refractivity contribution in [3.63, 3.8) is 0 Å². The molecular formula is C15H17F2N3O. The van der Waals surface area contributed by atoms with Gasteiger partial charge in [0, 0.05) is 30.5 Å². The van der Waals surface area contributed by atoms with Gasteiger partial charge in [0.25, 0.3) is 6.43 Å². The number of hydrogen-bond acceptors (Lipinski definition) is 3. The quantitative estimate of drug-likeness (QED) is 0.890. The lowest BCUT2D eigenvalue weighted by Crippen LogP contribution is -2.23. The zero-order valence-electron chi connectivity index (χ0n) is 11.8. The molecule has 2 N–H and O–H groups in total. The molecule has 2 heterocycles. The summed E-state index contributed by atoms with van der Waals surface area (Å²) in [5, 5.41) is 3.31. The molecule has 0 saturated heterocycles. The van der Waals surface area contributed by atoms with Crippen molar-refractivity contribution in [1.29, 1.82) is 0 Å². The van der Waals surface area contributed by atoms with Gasteiger partial charge in [-0.15, -0.1) is 0 Å². The molecule has 0 aliphatic rings. The van der Waals surface area contributed by atoms with Crippen molar-refractivity contribution < 1.29 is 8.78 Å². The highest BCUT2D eigenvalue weighted by molar-refractivity contribution is 5.20. The van der Waals surface area contributed by atoms with Gasteiger partial charge in [-0.1, -0.05) is 6.07 Å². The summed E-state index contributed by atoms with van der Waals surface area (Å²) in [6.07, 6.45) is 0.487. The molecule has 2 atom stereocenters. The van der Waals surface area contributed by atoms with E-state index in [1.807, 2.05) is 19.9 Å². The molecule has 112 valence electrons. The van der Waals surface area contributed by atoms with E-state index in [1.165, 1.54) is 18.3 Å². The molecule has 0 amide bonds. The summed E-state index contributed by atoms with van der Waals surface area (Å²) in [7, 11) is 0. The topological polar surface area (TPSA) is 57.8 Å². The predicted molar refractivity (Wildman–Crippen MR) is 76.2 cm³/mol. The molecule has 2 aromatic heterocycles. The minimum Gasteiger partial charge on any atom is -0.329 e. The first-order valence-corrected chi connectivity index (χ1v) is 6.66. The molecule has 0 radical (unpaired) electrons. The molecule has 0 fully saturated rings. The van der Waals surface area contributed by atoms with E-state index in [1.54, 1.807) is 12.3 Å². The van der Waals surface area contributed by atoms with Crippen LogP contribution in [-0.2, 0) is 0 Å². The minimum atomic E-state index is -2.56. The van der Waals surface area contributed by atoms with Gasteiger partial charge in [0.05, 0.1) is 0 Å². The number of aromatic amines is 1. The average Bonchev–Trinajstić information content (AvgIpc) is 2.47. The van der Waals surface area contributed by atoms with E-state index >= 15 is 0 Å². The Bertz CT molecular complexity index is 640. The molecule has 0 saturated carbocycles. The minimum absolute atomic E-state index is 0.0444. The number of alkyl halides is 2. The lowest BCUT2D eigenvalue weighted by molar-refractivity contribution is 0.146. The van der Waals surface area contributed by atoms with Crippen LogP contribution in [0.2, 0.25) is 0 Å². The maximum absolute atomic E-state index is 12.5. The molecule has 2 unspecified atom stereocenters. The normalized spacial score (nSPS) is 14.1. The maximum Gasteiger partial charge on any atom is 0.280 e. The van der Waals surface area contributed by atoms with Gasteiger partial charge in [-0.3, -0.25) is 9.78 Å². The monoisotopic (exact) mass is 293 g/mol. The number of H-pyrrole nitrogens is 1. The summed E-state index contributed by atoms with van der Waals surface area (Å²) in [6, 6.07) is 6.20. The highest BCUT2D eigenvalue weighted by atomic mass is 19.3. The molecule has 0 aliphatic carbocycles. The van der Waals surface area contributed by atoms with Gasteiger partial charge in [-0.05, 0) is 37.1 Å². The van der Waals surface area contributed by atoms with Crippen molar-refractivity contribution in [3.8, 4) is 0 Å². The average molecular weight is 293 g/mol.